The fourth-order valence-corrected chi connectivity index (χ4v) is 3.90. The molecule has 0 N–H and O–H groups in total. The number of aromatic nitrogens is 1. The fraction of sp³-hybridized carbons (Fsp3) is 0.250. The Morgan fingerprint density at radius 3 is 2.63 bits per heavy atom. The van der Waals surface area contributed by atoms with E-state index in [0.717, 1.165) is 33.8 Å². The smallest absolute Gasteiger partial charge is 0.355 e. The molecule has 0 saturated heterocycles. The van der Waals surface area contributed by atoms with Crippen molar-refractivity contribution in [3.63, 3.8) is 0 Å². The van der Waals surface area contributed by atoms with Crippen LogP contribution in [0.25, 0.3) is 10.2 Å². The van der Waals surface area contributed by atoms with Crippen LogP contribution in [0.2, 0.25) is 0 Å². The molecule has 3 rings (SSSR count). The molecule has 2 heterocycles. The summed E-state index contributed by atoms with van der Waals surface area (Å²) < 4.78 is 10.8. The zero-order chi connectivity index (χ0) is 19.4. The lowest BCUT2D eigenvalue weighted by Crippen LogP contribution is -2.26. The van der Waals surface area contributed by atoms with Crippen LogP contribution in [0.3, 0.4) is 0 Å². The lowest BCUT2D eigenvalue weighted by molar-refractivity contribution is -0.139. The first-order valence-corrected chi connectivity index (χ1v) is 9.35. The number of anilines is 1. The minimum Gasteiger partial charge on any atom is -0.465 e. The van der Waals surface area contributed by atoms with Crippen molar-refractivity contribution in [3.05, 3.63) is 58.9 Å². The summed E-state index contributed by atoms with van der Waals surface area (Å²) in [7, 11) is 2.56. The third kappa shape index (κ3) is 3.78. The summed E-state index contributed by atoms with van der Waals surface area (Å²) in [4.78, 5) is 31.0. The Kier molecular flexibility index (Phi) is 5.71. The Labute approximate surface area is 161 Å². The minimum absolute atomic E-state index is 0.104. The summed E-state index contributed by atoms with van der Waals surface area (Å²) in [5.41, 5.74) is 1.88. The molecule has 0 atom stereocenters. The Balaban J connectivity index is 2.13. The molecule has 1 aromatic carbocycles. The van der Waals surface area contributed by atoms with Gasteiger partial charge in [-0.3, -0.25) is 0 Å². The Hall–Kier alpha value is -2.93. The van der Waals surface area contributed by atoms with Gasteiger partial charge < -0.3 is 14.4 Å². The molecule has 0 bridgehead atoms. The van der Waals surface area contributed by atoms with E-state index in [4.69, 9.17) is 9.47 Å². The molecule has 1 aromatic heterocycles. The van der Waals surface area contributed by atoms with Crippen LogP contribution in [-0.4, -0.2) is 31.1 Å². The monoisotopic (exact) mass is 384 g/mol. The van der Waals surface area contributed by atoms with Crippen LogP contribution < -0.4 is 4.90 Å². The molecule has 0 radical (unpaired) electrons. The van der Waals surface area contributed by atoms with Gasteiger partial charge in [0.05, 0.1) is 35.0 Å². The number of carbonyl (C=O) groups excluding carboxylic acids is 2. The summed E-state index contributed by atoms with van der Waals surface area (Å²) in [5, 5.41) is 1.08. The minimum atomic E-state index is -0.623. The number of nitrogens with zero attached hydrogens (tertiary/aromatic N) is 2. The van der Waals surface area contributed by atoms with E-state index in [9.17, 15) is 9.59 Å². The number of ether oxygens (including phenoxy) is 2. The number of benzene rings is 1. The number of esters is 2. The number of thiazole rings is 1. The molecular weight excluding hydrogens is 364 g/mol. The van der Waals surface area contributed by atoms with Crippen molar-refractivity contribution in [1.29, 1.82) is 0 Å². The van der Waals surface area contributed by atoms with Crippen molar-refractivity contribution in [3.8, 4) is 0 Å². The van der Waals surface area contributed by atoms with Crippen molar-refractivity contribution in [2.24, 2.45) is 0 Å². The van der Waals surface area contributed by atoms with Crippen molar-refractivity contribution >= 4 is 39.2 Å². The molecule has 0 amide bonds. The number of hydrogen-bond donors (Lipinski definition) is 0. The largest absolute Gasteiger partial charge is 0.465 e. The van der Waals surface area contributed by atoms with Gasteiger partial charge in [-0.1, -0.05) is 13.0 Å². The van der Waals surface area contributed by atoms with Crippen LogP contribution in [0, 0.1) is 0 Å². The first kappa shape index (κ1) is 18.8. The zero-order valence-electron chi connectivity index (χ0n) is 15.4. The van der Waals surface area contributed by atoms with Crippen molar-refractivity contribution in [2.75, 3.05) is 19.1 Å². The number of aryl methyl sites for hydroxylation is 1. The van der Waals surface area contributed by atoms with Gasteiger partial charge >= 0.3 is 11.9 Å². The summed E-state index contributed by atoms with van der Waals surface area (Å²) in [6.07, 6.45) is 8.65. The van der Waals surface area contributed by atoms with Crippen molar-refractivity contribution in [1.82, 2.24) is 4.98 Å². The van der Waals surface area contributed by atoms with Crippen molar-refractivity contribution in [2.45, 2.75) is 19.8 Å². The van der Waals surface area contributed by atoms with Crippen LogP contribution >= 0.6 is 11.3 Å². The van der Waals surface area contributed by atoms with E-state index in [1.807, 2.05) is 18.2 Å². The lowest BCUT2D eigenvalue weighted by Gasteiger charge is -2.23. The van der Waals surface area contributed by atoms with Gasteiger partial charge in [0, 0.05) is 11.9 Å². The van der Waals surface area contributed by atoms with Crippen LogP contribution in [0.15, 0.2) is 53.9 Å². The lowest BCUT2D eigenvalue weighted by atomic mass is 10.1. The fourth-order valence-electron chi connectivity index (χ4n) is 2.80. The molecule has 0 spiro atoms. The number of rotatable bonds is 5. The molecule has 7 heteroatoms. The van der Waals surface area contributed by atoms with Crippen LogP contribution in [0.4, 0.5) is 5.69 Å². The van der Waals surface area contributed by atoms with E-state index in [0.29, 0.717) is 0 Å². The normalized spacial score (nSPS) is 13.8. The van der Waals surface area contributed by atoms with E-state index < -0.39 is 11.9 Å². The Morgan fingerprint density at radius 2 is 1.93 bits per heavy atom. The van der Waals surface area contributed by atoms with Gasteiger partial charge in [-0.2, -0.15) is 0 Å². The van der Waals surface area contributed by atoms with Crippen LogP contribution in [-0.2, 0) is 25.5 Å². The first-order valence-electron chi connectivity index (χ1n) is 8.53. The maximum Gasteiger partial charge on any atom is 0.355 e. The molecule has 0 aliphatic carbocycles. The number of fused-ring (bicyclic) bond motifs is 1. The van der Waals surface area contributed by atoms with E-state index in [1.54, 1.807) is 40.7 Å². The highest BCUT2D eigenvalue weighted by molar-refractivity contribution is 7.18. The Bertz CT molecular complexity index is 972. The van der Waals surface area contributed by atoms with E-state index in [-0.39, 0.29) is 11.3 Å². The standard InChI is InChI=1S/C20H20N2O4S/c1-4-7-17-21-15-10-9-13(12-16(15)27-17)22-11-6-5-8-14(19(23)25-2)18(22)20(24)26-3/h5-6,8-12H,4,7H2,1-3H3. The third-order valence-corrected chi connectivity index (χ3v) is 5.13. The van der Waals surface area contributed by atoms with Crippen LogP contribution in [0.1, 0.15) is 18.4 Å². The predicted molar refractivity (Wildman–Crippen MR) is 105 cm³/mol. The van der Waals surface area contributed by atoms with Gasteiger partial charge in [-0.25, -0.2) is 14.6 Å². The average molecular weight is 384 g/mol. The predicted octanol–water partition coefficient (Wildman–Crippen LogP) is 3.74. The molecule has 27 heavy (non-hydrogen) atoms. The first-order chi connectivity index (χ1) is 13.1. The topological polar surface area (TPSA) is 68.7 Å². The van der Waals surface area contributed by atoms with Crippen LogP contribution in [0.5, 0.6) is 0 Å². The molecule has 0 unspecified atom stereocenters. The molecule has 0 saturated carbocycles. The zero-order valence-corrected chi connectivity index (χ0v) is 16.2. The molecule has 0 fully saturated rings. The van der Waals surface area contributed by atoms with Gasteiger partial charge in [-0.05, 0) is 43.2 Å². The van der Waals surface area contributed by atoms with Crippen molar-refractivity contribution < 1.29 is 19.1 Å². The molecule has 1 aliphatic heterocycles. The number of hydrogen-bond acceptors (Lipinski definition) is 7. The Morgan fingerprint density at radius 1 is 1.15 bits per heavy atom. The van der Waals surface area contributed by atoms with E-state index >= 15 is 0 Å². The summed E-state index contributed by atoms with van der Waals surface area (Å²) in [6, 6.07) is 5.74. The summed E-state index contributed by atoms with van der Waals surface area (Å²) in [5.74, 6) is -1.23. The second-order valence-corrected chi connectivity index (χ2v) is 6.94. The number of carbonyl (C=O) groups is 2. The summed E-state index contributed by atoms with van der Waals surface area (Å²) in [6.45, 7) is 2.12. The third-order valence-electron chi connectivity index (χ3n) is 4.05. The van der Waals surface area contributed by atoms with Gasteiger partial charge in [-0.15, -0.1) is 11.3 Å². The van der Waals surface area contributed by atoms with Gasteiger partial charge in [0.1, 0.15) is 5.70 Å². The highest BCUT2D eigenvalue weighted by atomic mass is 32.1. The van der Waals surface area contributed by atoms with Gasteiger partial charge in [0.15, 0.2) is 0 Å². The number of allylic oxidation sites excluding steroid dienone is 2. The molecule has 140 valence electrons. The SMILES string of the molecule is CCCc1nc2ccc(N3C=CC=CC(C(=O)OC)=C3C(=O)OC)cc2s1. The highest BCUT2D eigenvalue weighted by Crippen LogP contribution is 2.31. The molecule has 6 nitrogen and oxygen atoms in total. The maximum atomic E-state index is 12.5. The van der Waals surface area contributed by atoms with Gasteiger partial charge in [0.2, 0.25) is 0 Å². The second-order valence-electron chi connectivity index (χ2n) is 5.83. The maximum absolute atomic E-state index is 12.5. The van der Waals surface area contributed by atoms with E-state index in [1.165, 1.54) is 14.2 Å². The average Bonchev–Trinajstić information content (AvgIpc) is 2.95. The number of methoxy groups -OCH3 is 2. The van der Waals surface area contributed by atoms with Gasteiger partial charge in [0.25, 0.3) is 0 Å². The molecule has 1 aliphatic rings. The highest BCUT2D eigenvalue weighted by Gasteiger charge is 2.27. The summed E-state index contributed by atoms with van der Waals surface area (Å²) >= 11 is 1.63. The molecule has 2 aromatic rings. The van der Waals surface area contributed by atoms with E-state index in [2.05, 4.69) is 11.9 Å². The second kappa shape index (κ2) is 8.18. The molecular formula is C20H20N2O4S. The quantitative estimate of drug-likeness (QED) is 0.732.